The van der Waals surface area contributed by atoms with Crippen LogP contribution in [0.2, 0.25) is 0 Å². The Hall–Kier alpha value is -1.79. The molecule has 0 spiro atoms. The Morgan fingerprint density at radius 1 is 1.27 bits per heavy atom. The molecule has 2 aliphatic rings. The van der Waals surface area contributed by atoms with Crippen molar-refractivity contribution in [3.63, 3.8) is 0 Å². The first-order valence-corrected chi connectivity index (χ1v) is 12.0. The van der Waals surface area contributed by atoms with Crippen molar-refractivity contribution in [2.45, 2.75) is 70.3 Å². The monoisotopic (exact) mass is 430 g/mol. The van der Waals surface area contributed by atoms with Gasteiger partial charge in [-0.25, -0.2) is 0 Å². The number of amides is 2. The summed E-state index contributed by atoms with van der Waals surface area (Å²) in [7, 11) is 0. The summed E-state index contributed by atoms with van der Waals surface area (Å²) < 4.78 is 5.51. The Labute approximate surface area is 184 Å². The Bertz CT molecular complexity index is 760. The molecule has 6 heteroatoms. The van der Waals surface area contributed by atoms with Crippen LogP contribution in [0.15, 0.2) is 29.2 Å². The summed E-state index contributed by atoms with van der Waals surface area (Å²) >= 11 is 1.70. The number of hydrogen-bond donors (Lipinski definition) is 1. The lowest BCUT2D eigenvalue weighted by Gasteiger charge is -2.43. The normalized spacial score (nSPS) is 23.0. The highest BCUT2D eigenvalue weighted by molar-refractivity contribution is 8.04. The number of carbonyl (C=O) groups is 2. The van der Waals surface area contributed by atoms with Crippen molar-refractivity contribution in [1.82, 2.24) is 10.2 Å². The van der Waals surface area contributed by atoms with E-state index in [1.54, 1.807) is 11.8 Å². The summed E-state index contributed by atoms with van der Waals surface area (Å²) in [6.07, 6.45) is 7.34. The van der Waals surface area contributed by atoms with Crippen LogP contribution in [-0.2, 0) is 14.3 Å². The zero-order valence-corrected chi connectivity index (χ0v) is 19.2. The van der Waals surface area contributed by atoms with Gasteiger partial charge in [-0.05, 0) is 51.7 Å². The first kappa shape index (κ1) is 22.9. The maximum atomic E-state index is 13.3. The van der Waals surface area contributed by atoms with Gasteiger partial charge in [0.1, 0.15) is 6.54 Å². The Balaban J connectivity index is 1.65. The fourth-order valence-corrected chi connectivity index (χ4v) is 5.48. The number of aryl methyl sites for hydroxylation is 1. The molecule has 0 aromatic heterocycles. The minimum Gasteiger partial charge on any atom is -0.379 e. The smallest absolute Gasteiger partial charge is 0.261 e. The molecular weight excluding hydrogens is 396 g/mol. The lowest BCUT2D eigenvalue weighted by atomic mass is 9.93. The van der Waals surface area contributed by atoms with Gasteiger partial charge in [-0.1, -0.05) is 42.7 Å². The molecular formula is C24H34N2O3S. The maximum absolute atomic E-state index is 13.3. The van der Waals surface area contributed by atoms with E-state index in [0.717, 1.165) is 36.2 Å². The number of rotatable bonds is 8. The van der Waals surface area contributed by atoms with Gasteiger partial charge in [-0.2, -0.15) is 0 Å². The van der Waals surface area contributed by atoms with Crippen molar-refractivity contribution in [1.29, 1.82) is 0 Å². The molecule has 1 aliphatic carbocycles. The second-order valence-corrected chi connectivity index (χ2v) is 9.76. The van der Waals surface area contributed by atoms with E-state index >= 15 is 0 Å². The van der Waals surface area contributed by atoms with Gasteiger partial charge in [0.05, 0.1) is 11.0 Å². The molecule has 164 valence electrons. The molecule has 0 radical (unpaired) electrons. The molecule has 1 aliphatic heterocycles. The predicted octanol–water partition coefficient (Wildman–Crippen LogP) is 4.15. The summed E-state index contributed by atoms with van der Waals surface area (Å²) in [6, 6.07) is 8.35. The summed E-state index contributed by atoms with van der Waals surface area (Å²) in [5.74, 6) is -0.0965. The third-order valence-corrected chi connectivity index (χ3v) is 7.00. The van der Waals surface area contributed by atoms with Gasteiger partial charge in [-0.15, -0.1) is 11.8 Å². The zero-order valence-electron chi connectivity index (χ0n) is 18.4. The standard InChI is InChI=1S/C24H34N2O3S/c1-17(2)29-14-6-13-25-23(27)16-26-20-7-4-5-8-21(20)30-22(24(26)28)15-19-11-9-18(3)10-12-19/h9-12,15,17,20-21H,4-8,13-14,16H2,1-3H3,(H,25,27)/b22-15+. The van der Waals surface area contributed by atoms with Crippen LogP contribution in [0.3, 0.4) is 0 Å². The number of nitrogens with one attached hydrogen (secondary N) is 1. The molecule has 1 saturated carbocycles. The summed E-state index contributed by atoms with van der Waals surface area (Å²) in [5.41, 5.74) is 2.23. The number of hydrogen-bond acceptors (Lipinski definition) is 4. The minimum absolute atomic E-state index is 0.0120. The Kier molecular flexibility index (Phi) is 8.40. The van der Waals surface area contributed by atoms with E-state index < -0.39 is 0 Å². The van der Waals surface area contributed by atoms with Gasteiger partial charge in [0, 0.05) is 24.4 Å². The number of thioether (sulfide) groups is 1. The lowest BCUT2D eigenvalue weighted by molar-refractivity contribution is -0.135. The van der Waals surface area contributed by atoms with Gasteiger partial charge in [0.2, 0.25) is 5.91 Å². The number of fused-ring (bicyclic) bond motifs is 1. The number of carbonyl (C=O) groups excluding carboxylic acids is 2. The molecule has 0 bridgehead atoms. The van der Waals surface area contributed by atoms with Crippen molar-refractivity contribution in [2.75, 3.05) is 19.7 Å². The van der Waals surface area contributed by atoms with Crippen molar-refractivity contribution >= 4 is 29.7 Å². The Morgan fingerprint density at radius 3 is 2.73 bits per heavy atom. The van der Waals surface area contributed by atoms with Crippen LogP contribution in [-0.4, -0.2) is 53.8 Å². The third-order valence-electron chi connectivity index (χ3n) is 5.60. The molecule has 1 saturated heterocycles. The first-order chi connectivity index (χ1) is 14.4. The van der Waals surface area contributed by atoms with Crippen LogP contribution in [0.4, 0.5) is 0 Å². The van der Waals surface area contributed by atoms with Gasteiger partial charge in [0.25, 0.3) is 5.91 Å². The quantitative estimate of drug-likeness (QED) is 0.497. The Morgan fingerprint density at radius 2 is 2.00 bits per heavy atom. The summed E-state index contributed by atoms with van der Waals surface area (Å²) in [4.78, 5) is 28.4. The molecule has 3 rings (SSSR count). The van der Waals surface area contributed by atoms with Crippen molar-refractivity contribution in [3.8, 4) is 0 Å². The van der Waals surface area contributed by atoms with Gasteiger partial charge >= 0.3 is 0 Å². The largest absolute Gasteiger partial charge is 0.379 e. The number of benzene rings is 1. The average Bonchev–Trinajstić information content (AvgIpc) is 2.72. The molecule has 1 N–H and O–H groups in total. The second-order valence-electron chi connectivity index (χ2n) is 8.48. The van der Waals surface area contributed by atoms with Crippen LogP contribution in [0.5, 0.6) is 0 Å². The van der Waals surface area contributed by atoms with E-state index in [0.29, 0.717) is 18.4 Å². The second kappa shape index (κ2) is 11.0. The van der Waals surface area contributed by atoms with Crippen LogP contribution >= 0.6 is 11.8 Å². The van der Waals surface area contributed by atoms with E-state index in [1.165, 1.54) is 12.0 Å². The molecule has 2 fully saturated rings. The topological polar surface area (TPSA) is 58.6 Å². The fourth-order valence-electron chi connectivity index (χ4n) is 4.01. The van der Waals surface area contributed by atoms with Crippen LogP contribution < -0.4 is 5.32 Å². The molecule has 5 nitrogen and oxygen atoms in total. The van der Waals surface area contributed by atoms with Crippen molar-refractivity contribution < 1.29 is 14.3 Å². The molecule has 1 heterocycles. The highest BCUT2D eigenvalue weighted by Crippen LogP contribution is 2.42. The van der Waals surface area contributed by atoms with E-state index in [2.05, 4.69) is 24.4 Å². The summed E-state index contributed by atoms with van der Waals surface area (Å²) in [5, 5.41) is 3.33. The van der Waals surface area contributed by atoms with Crippen LogP contribution in [0.25, 0.3) is 6.08 Å². The van der Waals surface area contributed by atoms with Crippen LogP contribution in [0.1, 0.15) is 57.1 Å². The fraction of sp³-hybridized carbons (Fsp3) is 0.583. The summed E-state index contributed by atoms with van der Waals surface area (Å²) in [6.45, 7) is 7.39. The van der Waals surface area contributed by atoms with Gasteiger partial charge < -0.3 is 15.0 Å². The third kappa shape index (κ3) is 6.35. The average molecular weight is 431 g/mol. The highest BCUT2D eigenvalue weighted by Gasteiger charge is 2.41. The molecule has 2 atom stereocenters. The lowest BCUT2D eigenvalue weighted by Crippen LogP contribution is -2.54. The van der Waals surface area contributed by atoms with E-state index in [4.69, 9.17) is 4.74 Å². The molecule has 2 unspecified atom stereocenters. The predicted molar refractivity (Wildman–Crippen MR) is 123 cm³/mol. The SMILES string of the molecule is Cc1ccc(/C=C2/SC3CCCCC3N(CC(=O)NCCCOC(C)C)C2=O)cc1. The molecule has 1 aromatic carbocycles. The molecule has 1 aromatic rings. The maximum Gasteiger partial charge on any atom is 0.261 e. The van der Waals surface area contributed by atoms with Crippen molar-refractivity contribution in [3.05, 3.63) is 40.3 Å². The molecule has 30 heavy (non-hydrogen) atoms. The van der Waals surface area contributed by atoms with E-state index in [1.807, 2.05) is 37.0 Å². The first-order valence-electron chi connectivity index (χ1n) is 11.1. The van der Waals surface area contributed by atoms with E-state index in [-0.39, 0.29) is 30.5 Å². The number of ether oxygens (including phenoxy) is 1. The van der Waals surface area contributed by atoms with Gasteiger partial charge in [0.15, 0.2) is 0 Å². The minimum atomic E-state index is -0.0844. The van der Waals surface area contributed by atoms with Gasteiger partial charge in [-0.3, -0.25) is 9.59 Å². The van der Waals surface area contributed by atoms with Crippen LogP contribution in [0, 0.1) is 6.92 Å². The van der Waals surface area contributed by atoms with Crippen molar-refractivity contribution in [2.24, 2.45) is 0 Å². The highest BCUT2D eigenvalue weighted by atomic mass is 32.2. The zero-order chi connectivity index (χ0) is 21.5. The van der Waals surface area contributed by atoms with E-state index in [9.17, 15) is 9.59 Å². The number of nitrogens with zero attached hydrogens (tertiary/aromatic N) is 1. The molecule has 2 amide bonds.